The molecule has 0 saturated carbocycles. The number of hydrogen-bond acceptors (Lipinski definition) is 1. The van der Waals surface area contributed by atoms with Crippen molar-refractivity contribution in [1.82, 2.24) is 0 Å². The maximum atomic E-state index is 12.5. The fourth-order valence-electron chi connectivity index (χ4n) is 0.968. The second kappa shape index (κ2) is 4.51. The molecule has 0 aliphatic rings. The molecule has 0 atom stereocenters. The fourth-order valence-corrected chi connectivity index (χ4v) is 0.968. The summed E-state index contributed by atoms with van der Waals surface area (Å²) in [6, 6.07) is 6.56. The summed E-state index contributed by atoms with van der Waals surface area (Å²) in [6.45, 7) is 0.783. The van der Waals surface area contributed by atoms with Gasteiger partial charge in [0, 0.05) is 5.69 Å². The Morgan fingerprint density at radius 2 is 1.73 bits per heavy atom. The van der Waals surface area contributed by atoms with Crippen LogP contribution in [0.1, 0.15) is 5.56 Å². The highest BCUT2D eigenvalue weighted by molar-refractivity contribution is 5.44. The van der Waals surface area contributed by atoms with Crippen molar-refractivity contribution in [2.24, 2.45) is 0 Å². The fraction of sp³-hybridized carbons (Fsp3) is 0.400. The highest BCUT2D eigenvalue weighted by atomic mass is 19.3. The van der Waals surface area contributed by atoms with E-state index in [-0.39, 0.29) is 0 Å². The summed E-state index contributed by atoms with van der Waals surface area (Å²) in [6.07, 6.45) is -3.64. The molecule has 1 aromatic rings. The number of anilines is 1. The molecule has 0 heterocycles. The van der Waals surface area contributed by atoms with E-state index in [2.05, 4.69) is 5.32 Å². The van der Waals surface area contributed by atoms with Gasteiger partial charge in [-0.2, -0.15) is 8.78 Å². The molecule has 0 aliphatic carbocycles. The van der Waals surface area contributed by atoms with Crippen LogP contribution in [-0.4, -0.2) is 18.9 Å². The van der Waals surface area contributed by atoms with Gasteiger partial charge >= 0.3 is 12.3 Å². The molecule has 1 nitrogen and oxygen atoms in total. The van der Waals surface area contributed by atoms with Gasteiger partial charge in [-0.1, -0.05) is 17.7 Å². The van der Waals surface area contributed by atoms with Crippen LogP contribution in [0.5, 0.6) is 0 Å². The molecule has 1 rings (SSSR count). The Hall–Kier alpha value is -1.26. The zero-order chi connectivity index (χ0) is 11.5. The van der Waals surface area contributed by atoms with E-state index in [1.54, 1.807) is 24.3 Å². The summed E-state index contributed by atoms with van der Waals surface area (Å²) in [5, 5.41) is 2.26. The molecular formula is C10H11F4N. The molecule has 0 unspecified atom stereocenters. The van der Waals surface area contributed by atoms with Gasteiger partial charge in [0.2, 0.25) is 0 Å². The third-order valence-electron chi connectivity index (χ3n) is 1.90. The Labute approximate surface area is 85.1 Å². The summed E-state index contributed by atoms with van der Waals surface area (Å²) in [7, 11) is 0. The molecule has 5 heteroatoms. The summed E-state index contributed by atoms with van der Waals surface area (Å²) >= 11 is 0. The molecule has 0 fully saturated rings. The Kier molecular flexibility index (Phi) is 3.55. The first-order valence-corrected chi connectivity index (χ1v) is 4.38. The van der Waals surface area contributed by atoms with Gasteiger partial charge in [-0.05, 0) is 19.1 Å². The first-order valence-electron chi connectivity index (χ1n) is 4.38. The zero-order valence-electron chi connectivity index (χ0n) is 8.11. The second-order valence-electron chi connectivity index (χ2n) is 3.28. The predicted molar refractivity (Wildman–Crippen MR) is 50.6 cm³/mol. The number of rotatable bonds is 4. The summed E-state index contributed by atoms with van der Waals surface area (Å²) in [4.78, 5) is 0. The minimum atomic E-state index is -4.00. The van der Waals surface area contributed by atoms with Crippen LogP contribution in [0.15, 0.2) is 24.3 Å². The Morgan fingerprint density at radius 3 is 2.20 bits per heavy atom. The molecule has 0 aliphatic heterocycles. The Bertz CT molecular complexity index is 308. The van der Waals surface area contributed by atoms with Gasteiger partial charge in [0.05, 0.1) is 6.54 Å². The van der Waals surface area contributed by atoms with E-state index in [4.69, 9.17) is 0 Å². The predicted octanol–water partition coefficient (Wildman–Crippen LogP) is 3.31. The highest BCUT2D eigenvalue weighted by Gasteiger charge is 2.40. The van der Waals surface area contributed by atoms with Gasteiger partial charge in [0.25, 0.3) is 0 Å². The Morgan fingerprint density at radius 1 is 1.20 bits per heavy atom. The quantitative estimate of drug-likeness (QED) is 0.769. The summed E-state index contributed by atoms with van der Waals surface area (Å²) in [5.41, 5.74) is 1.38. The van der Waals surface area contributed by atoms with Gasteiger partial charge in [-0.25, -0.2) is 8.78 Å². The van der Waals surface area contributed by atoms with Gasteiger partial charge in [-0.15, -0.1) is 0 Å². The molecule has 15 heavy (non-hydrogen) atoms. The third kappa shape index (κ3) is 3.42. The summed E-state index contributed by atoms with van der Waals surface area (Å²) in [5.74, 6) is -4.00. The maximum Gasteiger partial charge on any atom is 0.324 e. The standard InChI is InChI=1S/C10H11F4N/c1-7-2-4-8(5-3-7)15-6-10(13,14)9(11)12/h2-5,9,15H,6H2,1H3. The van der Waals surface area contributed by atoms with Crippen molar-refractivity contribution in [3.63, 3.8) is 0 Å². The molecule has 0 bridgehead atoms. The molecule has 84 valence electrons. The van der Waals surface area contributed by atoms with E-state index < -0.39 is 18.9 Å². The number of alkyl halides is 4. The maximum absolute atomic E-state index is 12.5. The topological polar surface area (TPSA) is 12.0 Å². The number of hydrogen-bond donors (Lipinski definition) is 1. The largest absolute Gasteiger partial charge is 0.379 e. The number of halogens is 4. The molecule has 0 aromatic heterocycles. The lowest BCUT2D eigenvalue weighted by Gasteiger charge is -2.16. The number of benzene rings is 1. The van der Waals surface area contributed by atoms with Gasteiger partial charge in [0.1, 0.15) is 0 Å². The van der Waals surface area contributed by atoms with E-state index in [1.807, 2.05) is 6.92 Å². The van der Waals surface area contributed by atoms with Crippen LogP contribution < -0.4 is 5.32 Å². The van der Waals surface area contributed by atoms with Crippen molar-refractivity contribution in [3.05, 3.63) is 29.8 Å². The van der Waals surface area contributed by atoms with Crippen LogP contribution in [0.2, 0.25) is 0 Å². The minimum Gasteiger partial charge on any atom is -0.379 e. The first kappa shape index (κ1) is 11.8. The molecule has 1 N–H and O–H groups in total. The highest BCUT2D eigenvalue weighted by Crippen LogP contribution is 2.23. The first-order chi connectivity index (χ1) is 6.92. The van der Waals surface area contributed by atoms with Crippen LogP contribution in [0.4, 0.5) is 23.2 Å². The normalized spacial score (nSPS) is 11.9. The van der Waals surface area contributed by atoms with E-state index in [0.717, 1.165) is 5.56 Å². The Balaban J connectivity index is 2.54. The van der Waals surface area contributed by atoms with E-state index >= 15 is 0 Å². The average Bonchev–Trinajstić information content (AvgIpc) is 2.17. The van der Waals surface area contributed by atoms with Crippen molar-refractivity contribution in [2.45, 2.75) is 19.3 Å². The molecule has 0 saturated heterocycles. The van der Waals surface area contributed by atoms with Crippen LogP contribution in [0.25, 0.3) is 0 Å². The second-order valence-corrected chi connectivity index (χ2v) is 3.28. The molecular weight excluding hydrogens is 210 g/mol. The SMILES string of the molecule is Cc1ccc(NCC(F)(F)C(F)F)cc1. The van der Waals surface area contributed by atoms with Crippen LogP contribution in [0.3, 0.4) is 0 Å². The van der Waals surface area contributed by atoms with Gasteiger partial charge in [-0.3, -0.25) is 0 Å². The lowest BCUT2D eigenvalue weighted by Crippen LogP contribution is -2.34. The van der Waals surface area contributed by atoms with Crippen LogP contribution >= 0.6 is 0 Å². The zero-order valence-corrected chi connectivity index (χ0v) is 8.11. The minimum absolute atomic E-state index is 0.404. The summed E-state index contributed by atoms with van der Waals surface area (Å²) < 4.78 is 48.6. The van der Waals surface area contributed by atoms with Crippen molar-refractivity contribution in [2.75, 3.05) is 11.9 Å². The third-order valence-corrected chi connectivity index (χ3v) is 1.90. The lowest BCUT2D eigenvalue weighted by atomic mass is 10.2. The van der Waals surface area contributed by atoms with Crippen molar-refractivity contribution < 1.29 is 17.6 Å². The number of nitrogens with one attached hydrogen (secondary N) is 1. The van der Waals surface area contributed by atoms with Gasteiger partial charge in [0.15, 0.2) is 0 Å². The lowest BCUT2D eigenvalue weighted by molar-refractivity contribution is -0.117. The van der Waals surface area contributed by atoms with E-state index in [0.29, 0.717) is 5.69 Å². The molecule has 1 aromatic carbocycles. The molecule has 0 amide bonds. The van der Waals surface area contributed by atoms with Gasteiger partial charge < -0.3 is 5.32 Å². The monoisotopic (exact) mass is 221 g/mol. The van der Waals surface area contributed by atoms with Crippen LogP contribution in [0, 0.1) is 6.92 Å². The van der Waals surface area contributed by atoms with Crippen molar-refractivity contribution in [3.8, 4) is 0 Å². The number of aryl methyl sites for hydroxylation is 1. The van der Waals surface area contributed by atoms with Crippen molar-refractivity contribution >= 4 is 5.69 Å². The smallest absolute Gasteiger partial charge is 0.324 e. The van der Waals surface area contributed by atoms with E-state index in [1.165, 1.54) is 0 Å². The molecule has 0 spiro atoms. The molecule has 0 radical (unpaired) electrons. The van der Waals surface area contributed by atoms with Crippen molar-refractivity contribution in [1.29, 1.82) is 0 Å². The average molecular weight is 221 g/mol. The van der Waals surface area contributed by atoms with Crippen LogP contribution in [-0.2, 0) is 0 Å². The van der Waals surface area contributed by atoms with E-state index in [9.17, 15) is 17.6 Å².